The Balaban J connectivity index is 1.32. The van der Waals surface area contributed by atoms with Crippen molar-refractivity contribution in [2.75, 3.05) is 32.1 Å². The molecule has 0 unspecified atom stereocenters. The van der Waals surface area contributed by atoms with Gasteiger partial charge in [0.1, 0.15) is 11.5 Å². The molecular formula is C19H24N2O3. The topological polar surface area (TPSA) is 46.9 Å². The highest BCUT2D eigenvalue weighted by molar-refractivity contribution is 5.47. The third-order valence-corrected chi connectivity index (χ3v) is 5.02. The zero-order chi connectivity index (χ0) is 16.4. The molecule has 4 rings (SSSR count). The monoisotopic (exact) mass is 328 g/mol. The van der Waals surface area contributed by atoms with Crippen LogP contribution in [-0.4, -0.2) is 43.3 Å². The zero-order valence-corrected chi connectivity index (χ0v) is 14.0. The van der Waals surface area contributed by atoms with Crippen molar-refractivity contribution in [3.63, 3.8) is 0 Å². The predicted octanol–water partition coefficient (Wildman–Crippen LogP) is 3.13. The molecule has 5 nitrogen and oxygen atoms in total. The third kappa shape index (κ3) is 3.28. The maximum atomic E-state index is 6.22. The minimum Gasteiger partial charge on any atom is -0.497 e. The number of furan rings is 1. The van der Waals surface area contributed by atoms with Crippen LogP contribution in [0.25, 0.3) is 0 Å². The van der Waals surface area contributed by atoms with Gasteiger partial charge in [-0.15, -0.1) is 0 Å². The van der Waals surface area contributed by atoms with Crippen molar-refractivity contribution in [1.29, 1.82) is 0 Å². The van der Waals surface area contributed by atoms with Crippen LogP contribution in [0.3, 0.4) is 0 Å². The molecule has 0 saturated carbocycles. The van der Waals surface area contributed by atoms with Crippen LogP contribution in [0.15, 0.2) is 47.1 Å². The van der Waals surface area contributed by atoms with Crippen molar-refractivity contribution in [3.05, 3.63) is 48.4 Å². The normalized spacial score (nSPS) is 27.0. The summed E-state index contributed by atoms with van der Waals surface area (Å²) >= 11 is 0. The number of hydrogen-bond acceptors (Lipinski definition) is 5. The molecule has 2 aliphatic heterocycles. The summed E-state index contributed by atoms with van der Waals surface area (Å²) < 4.78 is 16.9. The number of ether oxygens (including phenoxy) is 2. The van der Waals surface area contributed by atoms with Crippen molar-refractivity contribution < 1.29 is 13.9 Å². The van der Waals surface area contributed by atoms with Crippen LogP contribution in [0.5, 0.6) is 5.75 Å². The highest BCUT2D eigenvalue weighted by Gasteiger charge is 2.45. The molecule has 0 radical (unpaired) electrons. The average molecular weight is 328 g/mol. The van der Waals surface area contributed by atoms with E-state index in [1.165, 1.54) is 0 Å². The molecule has 128 valence electrons. The fraction of sp³-hybridized carbons (Fsp3) is 0.474. The van der Waals surface area contributed by atoms with E-state index in [2.05, 4.69) is 22.3 Å². The second-order valence-corrected chi connectivity index (χ2v) is 6.81. The van der Waals surface area contributed by atoms with Crippen LogP contribution in [-0.2, 0) is 11.3 Å². The molecule has 1 aromatic heterocycles. The third-order valence-electron chi connectivity index (χ3n) is 5.02. The molecule has 2 saturated heterocycles. The van der Waals surface area contributed by atoms with Crippen molar-refractivity contribution in [3.8, 4) is 5.75 Å². The number of hydrogen-bond donors (Lipinski definition) is 1. The zero-order valence-electron chi connectivity index (χ0n) is 14.0. The maximum absolute atomic E-state index is 6.22. The highest BCUT2D eigenvalue weighted by atomic mass is 16.5. The summed E-state index contributed by atoms with van der Waals surface area (Å²) in [6.45, 7) is 3.68. The lowest BCUT2D eigenvalue weighted by atomic mass is 9.97. The van der Waals surface area contributed by atoms with Crippen LogP contribution in [0.4, 0.5) is 5.69 Å². The quantitative estimate of drug-likeness (QED) is 0.914. The molecule has 2 aliphatic rings. The molecule has 1 spiro atoms. The minimum atomic E-state index is -0.00324. The summed E-state index contributed by atoms with van der Waals surface area (Å²) in [7, 11) is 1.69. The minimum absolute atomic E-state index is 0.00324. The van der Waals surface area contributed by atoms with Gasteiger partial charge in [-0.25, -0.2) is 0 Å². The van der Waals surface area contributed by atoms with Gasteiger partial charge < -0.3 is 19.2 Å². The summed E-state index contributed by atoms with van der Waals surface area (Å²) in [5.41, 5.74) is 1.11. The molecule has 1 aromatic carbocycles. The summed E-state index contributed by atoms with van der Waals surface area (Å²) in [5.74, 6) is 1.90. The smallest absolute Gasteiger partial charge is 0.119 e. The first-order valence-electron chi connectivity index (χ1n) is 8.54. The molecular weight excluding hydrogens is 304 g/mol. The molecule has 0 amide bonds. The number of benzene rings is 1. The summed E-state index contributed by atoms with van der Waals surface area (Å²) in [6, 6.07) is 12.4. The van der Waals surface area contributed by atoms with Crippen molar-refractivity contribution in [1.82, 2.24) is 4.90 Å². The van der Waals surface area contributed by atoms with Crippen molar-refractivity contribution in [2.45, 2.75) is 31.0 Å². The first-order valence-corrected chi connectivity index (χ1v) is 8.54. The Labute approximate surface area is 142 Å². The largest absolute Gasteiger partial charge is 0.497 e. The first-order chi connectivity index (χ1) is 11.7. The average Bonchev–Trinajstić information content (AvgIpc) is 3.33. The lowest BCUT2D eigenvalue weighted by Crippen LogP contribution is -2.33. The Hall–Kier alpha value is -1.98. The fourth-order valence-corrected chi connectivity index (χ4v) is 3.83. The maximum Gasteiger partial charge on any atom is 0.119 e. The SMILES string of the molecule is COc1ccc(N[C@H]2CO[C@@]3(CCN(Cc4ccco4)C3)C2)cc1. The van der Waals surface area contributed by atoms with E-state index in [0.29, 0.717) is 6.04 Å². The number of rotatable bonds is 5. The fourth-order valence-electron chi connectivity index (χ4n) is 3.83. The number of nitrogens with zero attached hydrogens (tertiary/aromatic N) is 1. The van der Waals surface area contributed by atoms with Crippen LogP contribution < -0.4 is 10.1 Å². The van der Waals surface area contributed by atoms with E-state index in [4.69, 9.17) is 13.9 Å². The lowest BCUT2D eigenvalue weighted by Gasteiger charge is -2.23. The summed E-state index contributed by atoms with van der Waals surface area (Å²) in [6.07, 6.45) is 3.88. The molecule has 0 bridgehead atoms. The lowest BCUT2D eigenvalue weighted by molar-refractivity contribution is 0.0115. The van der Waals surface area contributed by atoms with E-state index < -0.39 is 0 Å². The molecule has 1 N–H and O–H groups in total. The van der Waals surface area contributed by atoms with Crippen molar-refractivity contribution in [2.24, 2.45) is 0 Å². The Morgan fingerprint density at radius 2 is 2.17 bits per heavy atom. The standard InChI is InChI=1S/C19H24N2O3/c1-22-17-6-4-15(5-7-17)20-16-11-19(24-13-16)8-9-21(14-19)12-18-3-2-10-23-18/h2-7,10,16,20H,8-9,11-14H2,1H3/t16-,19+/m1/s1. The van der Waals surface area contributed by atoms with E-state index in [9.17, 15) is 0 Å². The van der Waals surface area contributed by atoms with Gasteiger partial charge in [0.25, 0.3) is 0 Å². The summed E-state index contributed by atoms with van der Waals surface area (Å²) in [4.78, 5) is 2.43. The van der Waals surface area contributed by atoms with Gasteiger partial charge >= 0.3 is 0 Å². The van der Waals surface area contributed by atoms with Crippen LogP contribution in [0.2, 0.25) is 0 Å². The van der Waals surface area contributed by atoms with E-state index in [1.54, 1.807) is 13.4 Å². The first kappa shape index (κ1) is 15.5. The Kier molecular flexibility index (Phi) is 4.21. The second kappa shape index (κ2) is 6.49. The molecule has 3 heterocycles. The number of likely N-dealkylation sites (tertiary alicyclic amines) is 1. The van der Waals surface area contributed by atoms with Gasteiger partial charge in [-0.2, -0.15) is 0 Å². The van der Waals surface area contributed by atoms with E-state index in [-0.39, 0.29) is 5.60 Å². The van der Waals surface area contributed by atoms with Crippen molar-refractivity contribution >= 4 is 5.69 Å². The van der Waals surface area contributed by atoms with E-state index in [1.807, 2.05) is 24.3 Å². The Bertz CT molecular complexity index is 656. The molecule has 5 heteroatoms. The van der Waals surface area contributed by atoms with Crippen LogP contribution in [0, 0.1) is 0 Å². The number of nitrogens with one attached hydrogen (secondary N) is 1. The Morgan fingerprint density at radius 1 is 1.29 bits per heavy atom. The van der Waals surface area contributed by atoms with Gasteiger partial charge in [0.15, 0.2) is 0 Å². The van der Waals surface area contributed by atoms with Gasteiger partial charge in [-0.05, 0) is 42.8 Å². The van der Waals surface area contributed by atoms with Crippen LogP contribution >= 0.6 is 0 Å². The van der Waals surface area contributed by atoms with Gasteiger partial charge in [-0.1, -0.05) is 0 Å². The highest BCUT2D eigenvalue weighted by Crippen LogP contribution is 2.36. The van der Waals surface area contributed by atoms with Gasteiger partial charge in [0, 0.05) is 25.2 Å². The van der Waals surface area contributed by atoms with Gasteiger partial charge in [-0.3, -0.25) is 4.90 Å². The molecule has 24 heavy (non-hydrogen) atoms. The molecule has 0 aliphatic carbocycles. The Morgan fingerprint density at radius 3 is 2.92 bits per heavy atom. The van der Waals surface area contributed by atoms with E-state index >= 15 is 0 Å². The molecule has 2 fully saturated rings. The van der Waals surface area contributed by atoms with Gasteiger partial charge in [0.2, 0.25) is 0 Å². The summed E-state index contributed by atoms with van der Waals surface area (Å²) in [5, 5.41) is 3.59. The van der Waals surface area contributed by atoms with E-state index in [0.717, 1.165) is 56.3 Å². The van der Waals surface area contributed by atoms with Crippen LogP contribution in [0.1, 0.15) is 18.6 Å². The molecule has 2 aromatic rings. The predicted molar refractivity (Wildman–Crippen MR) is 92.3 cm³/mol. The number of anilines is 1. The second-order valence-electron chi connectivity index (χ2n) is 6.81. The number of methoxy groups -OCH3 is 1. The van der Waals surface area contributed by atoms with Gasteiger partial charge in [0.05, 0.1) is 38.2 Å². The molecule has 2 atom stereocenters.